The molecule has 24 heavy (non-hydrogen) atoms. The number of amides is 1. The van der Waals surface area contributed by atoms with Crippen molar-refractivity contribution >= 4 is 17.2 Å². The average Bonchev–Trinajstić information content (AvgIpc) is 3.19. The van der Waals surface area contributed by atoms with E-state index in [0.29, 0.717) is 17.5 Å². The van der Waals surface area contributed by atoms with Gasteiger partial charge in [-0.3, -0.25) is 9.69 Å². The quantitative estimate of drug-likeness (QED) is 0.894. The molecule has 1 fully saturated rings. The zero-order valence-corrected chi connectivity index (χ0v) is 15.4. The molecule has 0 spiro atoms. The van der Waals surface area contributed by atoms with Crippen LogP contribution in [0.5, 0.6) is 0 Å². The SMILES string of the molecule is CC1CCCCN1CC(C)(C)NC(=O)c1cc(-c2cccs2)on1. The maximum atomic E-state index is 12.5. The maximum absolute atomic E-state index is 12.5. The van der Waals surface area contributed by atoms with Crippen LogP contribution in [0.25, 0.3) is 10.6 Å². The Morgan fingerprint density at radius 3 is 3.04 bits per heavy atom. The summed E-state index contributed by atoms with van der Waals surface area (Å²) in [6.07, 6.45) is 3.77. The first-order valence-electron chi connectivity index (χ1n) is 8.52. The predicted octanol–water partition coefficient (Wildman–Crippen LogP) is 3.79. The summed E-state index contributed by atoms with van der Waals surface area (Å²) in [6.45, 7) is 8.34. The van der Waals surface area contributed by atoms with Gasteiger partial charge >= 0.3 is 0 Å². The molecule has 2 aromatic heterocycles. The minimum atomic E-state index is -0.315. The van der Waals surface area contributed by atoms with Crippen LogP contribution in [0.15, 0.2) is 28.1 Å². The highest BCUT2D eigenvalue weighted by atomic mass is 32.1. The van der Waals surface area contributed by atoms with Crippen LogP contribution in [-0.2, 0) is 0 Å². The van der Waals surface area contributed by atoms with Crippen molar-refractivity contribution in [2.24, 2.45) is 0 Å². The first-order chi connectivity index (χ1) is 11.4. The molecule has 1 atom stereocenters. The molecule has 0 bridgehead atoms. The van der Waals surface area contributed by atoms with Crippen LogP contribution in [0.4, 0.5) is 0 Å². The second-order valence-electron chi connectivity index (χ2n) is 7.21. The monoisotopic (exact) mass is 347 g/mol. The van der Waals surface area contributed by atoms with Crippen molar-refractivity contribution < 1.29 is 9.32 Å². The molecular weight excluding hydrogens is 322 g/mol. The molecule has 1 saturated heterocycles. The molecule has 1 aliphatic rings. The van der Waals surface area contributed by atoms with Crippen molar-refractivity contribution in [2.45, 2.75) is 51.6 Å². The lowest BCUT2D eigenvalue weighted by Gasteiger charge is -2.39. The molecule has 2 aromatic rings. The van der Waals surface area contributed by atoms with Gasteiger partial charge in [-0.2, -0.15) is 0 Å². The van der Waals surface area contributed by atoms with Crippen molar-refractivity contribution in [3.63, 3.8) is 0 Å². The van der Waals surface area contributed by atoms with E-state index in [2.05, 4.69) is 36.1 Å². The number of rotatable bonds is 5. The smallest absolute Gasteiger partial charge is 0.273 e. The number of thiophene rings is 1. The number of likely N-dealkylation sites (tertiary alicyclic amines) is 1. The van der Waals surface area contributed by atoms with E-state index in [4.69, 9.17) is 4.52 Å². The highest BCUT2D eigenvalue weighted by molar-refractivity contribution is 7.13. The lowest BCUT2D eigenvalue weighted by atomic mass is 9.98. The Morgan fingerprint density at radius 2 is 2.33 bits per heavy atom. The van der Waals surface area contributed by atoms with Gasteiger partial charge in [0.1, 0.15) is 0 Å². The van der Waals surface area contributed by atoms with Crippen molar-refractivity contribution in [3.05, 3.63) is 29.3 Å². The van der Waals surface area contributed by atoms with Gasteiger partial charge in [0.2, 0.25) is 0 Å². The minimum absolute atomic E-state index is 0.184. The summed E-state index contributed by atoms with van der Waals surface area (Å²) in [4.78, 5) is 16.0. The Kier molecular flexibility index (Phi) is 5.06. The maximum Gasteiger partial charge on any atom is 0.273 e. The van der Waals surface area contributed by atoms with Gasteiger partial charge in [-0.15, -0.1) is 11.3 Å². The van der Waals surface area contributed by atoms with Gasteiger partial charge in [0.15, 0.2) is 11.5 Å². The van der Waals surface area contributed by atoms with E-state index in [1.165, 1.54) is 19.3 Å². The van der Waals surface area contributed by atoms with E-state index in [1.54, 1.807) is 17.4 Å². The fraction of sp³-hybridized carbons (Fsp3) is 0.556. The Hall–Kier alpha value is -1.66. The number of nitrogens with one attached hydrogen (secondary N) is 1. The summed E-state index contributed by atoms with van der Waals surface area (Å²) >= 11 is 1.57. The summed E-state index contributed by atoms with van der Waals surface area (Å²) in [5.74, 6) is 0.453. The van der Waals surface area contributed by atoms with Gasteiger partial charge in [0.05, 0.1) is 4.88 Å². The summed E-state index contributed by atoms with van der Waals surface area (Å²) in [5.41, 5.74) is 0.0169. The average molecular weight is 347 g/mol. The number of nitrogens with zero attached hydrogens (tertiary/aromatic N) is 2. The summed E-state index contributed by atoms with van der Waals surface area (Å²) < 4.78 is 5.30. The molecule has 1 unspecified atom stereocenters. The van der Waals surface area contributed by atoms with E-state index in [-0.39, 0.29) is 11.4 Å². The van der Waals surface area contributed by atoms with Gasteiger partial charge < -0.3 is 9.84 Å². The lowest BCUT2D eigenvalue weighted by molar-refractivity contribution is 0.0826. The van der Waals surface area contributed by atoms with Crippen LogP contribution < -0.4 is 5.32 Å². The summed E-state index contributed by atoms with van der Waals surface area (Å²) in [6, 6.07) is 6.19. The molecule has 0 saturated carbocycles. The van der Waals surface area contributed by atoms with Crippen LogP contribution in [0, 0.1) is 0 Å². The number of piperidine rings is 1. The van der Waals surface area contributed by atoms with Crippen LogP contribution in [0.3, 0.4) is 0 Å². The number of hydrogen-bond acceptors (Lipinski definition) is 5. The molecule has 5 nitrogen and oxygen atoms in total. The second-order valence-corrected chi connectivity index (χ2v) is 8.15. The normalized spacial score (nSPS) is 19.4. The van der Waals surface area contributed by atoms with Gasteiger partial charge in [0.25, 0.3) is 5.91 Å². The fourth-order valence-corrected chi connectivity index (χ4v) is 3.90. The first-order valence-corrected chi connectivity index (χ1v) is 9.40. The second kappa shape index (κ2) is 7.07. The zero-order chi connectivity index (χ0) is 17.2. The van der Waals surface area contributed by atoms with Gasteiger partial charge in [-0.1, -0.05) is 17.6 Å². The summed E-state index contributed by atoms with van der Waals surface area (Å²) in [5, 5.41) is 9.00. The van der Waals surface area contributed by atoms with Gasteiger partial charge in [-0.05, 0) is 51.6 Å². The van der Waals surface area contributed by atoms with E-state index in [0.717, 1.165) is 18.0 Å². The number of hydrogen-bond donors (Lipinski definition) is 1. The minimum Gasteiger partial charge on any atom is -0.355 e. The third-order valence-corrected chi connectivity index (χ3v) is 5.38. The third kappa shape index (κ3) is 4.05. The molecule has 6 heteroatoms. The van der Waals surface area contributed by atoms with Crippen molar-refractivity contribution in [1.29, 1.82) is 0 Å². The van der Waals surface area contributed by atoms with E-state index < -0.39 is 0 Å². The molecule has 1 amide bonds. The number of aromatic nitrogens is 1. The molecule has 1 aliphatic heterocycles. The van der Waals surface area contributed by atoms with Crippen molar-refractivity contribution in [3.8, 4) is 10.6 Å². The molecule has 0 radical (unpaired) electrons. The fourth-order valence-electron chi connectivity index (χ4n) is 3.23. The molecule has 1 N–H and O–H groups in total. The topological polar surface area (TPSA) is 58.4 Å². The molecule has 130 valence electrons. The molecule has 3 heterocycles. The van der Waals surface area contributed by atoms with Crippen LogP contribution in [0.2, 0.25) is 0 Å². The van der Waals surface area contributed by atoms with Crippen LogP contribution in [0.1, 0.15) is 50.5 Å². The predicted molar refractivity (Wildman–Crippen MR) is 96.2 cm³/mol. The Labute approximate surface area is 147 Å². The van der Waals surface area contributed by atoms with Crippen molar-refractivity contribution in [1.82, 2.24) is 15.4 Å². The Morgan fingerprint density at radius 1 is 1.50 bits per heavy atom. The van der Waals surface area contributed by atoms with Gasteiger partial charge in [0, 0.05) is 24.2 Å². The molecule has 3 rings (SSSR count). The zero-order valence-electron chi connectivity index (χ0n) is 14.5. The lowest BCUT2D eigenvalue weighted by Crippen LogP contribution is -2.54. The third-order valence-electron chi connectivity index (χ3n) is 4.50. The number of carbonyl (C=O) groups excluding carboxylic acids is 1. The number of carbonyl (C=O) groups is 1. The van der Waals surface area contributed by atoms with Crippen molar-refractivity contribution in [2.75, 3.05) is 13.1 Å². The summed E-state index contributed by atoms with van der Waals surface area (Å²) in [7, 11) is 0. The Bertz CT molecular complexity index is 678. The first kappa shape index (κ1) is 17.2. The molecule has 0 aromatic carbocycles. The standard InChI is InChI=1S/C18H25N3O2S/c1-13-7-4-5-9-21(13)12-18(2,3)19-17(22)14-11-15(23-20-14)16-8-6-10-24-16/h6,8,10-11,13H,4-5,7,9,12H2,1-3H3,(H,19,22). The van der Waals surface area contributed by atoms with Crippen LogP contribution >= 0.6 is 11.3 Å². The highest BCUT2D eigenvalue weighted by Gasteiger charge is 2.29. The van der Waals surface area contributed by atoms with Gasteiger partial charge in [-0.25, -0.2) is 0 Å². The van der Waals surface area contributed by atoms with Crippen LogP contribution in [-0.4, -0.2) is 40.6 Å². The Balaban J connectivity index is 1.62. The van der Waals surface area contributed by atoms with E-state index in [1.807, 2.05) is 17.5 Å². The van der Waals surface area contributed by atoms with E-state index in [9.17, 15) is 4.79 Å². The highest BCUT2D eigenvalue weighted by Crippen LogP contribution is 2.25. The largest absolute Gasteiger partial charge is 0.355 e. The molecule has 0 aliphatic carbocycles. The van der Waals surface area contributed by atoms with E-state index >= 15 is 0 Å². The molecular formula is C18H25N3O2S.